The molecule has 0 saturated heterocycles. The third kappa shape index (κ3) is 2.34. The van der Waals surface area contributed by atoms with Crippen LogP contribution in [0.3, 0.4) is 0 Å². The molecule has 17 heavy (non-hydrogen) atoms. The molecule has 0 amide bonds. The molecule has 0 spiro atoms. The van der Waals surface area contributed by atoms with Gasteiger partial charge in [0.05, 0.1) is 20.9 Å². The third-order valence-corrected chi connectivity index (χ3v) is 4.55. The molecule has 3 nitrogen and oxygen atoms in total. The van der Waals surface area contributed by atoms with E-state index in [9.17, 15) is 0 Å². The van der Waals surface area contributed by atoms with Crippen LogP contribution in [0.15, 0.2) is 28.1 Å². The van der Waals surface area contributed by atoms with Crippen molar-refractivity contribution in [3.8, 4) is 0 Å². The van der Waals surface area contributed by atoms with Gasteiger partial charge in [0.25, 0.3) is 0 Å². The smallest absolute Gasteiger partial charge is 0.180 e. The zero-order chi connectivity index (χ0) is 11.8. The number of thiazole rings is 2. The summed E-state index contributed by atoms with van der Waals surface area (Å²) in [6, 6.07) is 6.14. The highest BCUT2D eigenvalue weighted by atomic mass is 79.9. The molecular weight excluding hydrogens is 318 g/mol. The van der Waals surface area contributed by atoms with Crippen LogP contribution in [0.4, 0.5) is 5.13 Å². The van der Waals surface area contributed by atoms with Crippen molar-refractivity contribution in [3.05, 3.63) is 38.8 Å². The Morgan fingerprint density at radius 2 is 2.18 bits per heavy atom. The summed E-state index contributed by atoms with van der Waals surface area (Å²) < 4.78 is 2.26. The van der Waals surface area contributed by atoms with Crippen LogP contribution in [0.1, 0.15) is 10.7 Å². The molecule has 0 unspecified atom stereocenters. The summed E-state index contributed by atoms with van der Waals surface area (Å²) in [5, 5.41) is 3.67. The van der Waals surface area contributed by atoms with Crippen molar-refractivity contribution < 1.29 is 0 Å². The van der Waals surface area contributed by atoms with Crippen molar-refractivity contribution in [1.82, 2.24) is 9.97 Å². The standard InChI is InChI=1S/C11H8BrN3S2/c12-6-1-2-9-8(3-6)15-10(17-9)4-7-5-16-11(13)14-7/h1-3,5H,4H2,(H2,13,14). The number of halogens is 1. The summed E-state index contributed by atoms with van der Waals surface area (Å²) in [6.07, 6.45) is 0.755. The molecule has 86 valence electrons. The highest BCUT2D eigenvalue weighted by Gasteiger charge is 2.07. The van der Waals surface area contributed by atoms with E-state index in [0.717, 1.165) is 27.1 Å². The lowest BCUT2D eigenvalue weighted by Gasteiger charge is -1.89. The normalized spacial score (nSPS) is 11.1. The molecule has 6 heteroatoms. The van der Waals surface area contributed by atoms with E-state index in [1.54, 1.807) is 11.3 Å². The van der Waals surface area contributed by atoms with Gasteiger partial charge in [-0.05, 0) is 18.2 Å². The molecule has 3 aromatic rings. The molecule has 2 N–H and O–H groups in total. The monoisotopic (exact) mass is 325 g/mol. The van der Waals surface area contributed by atoms with E-state index in [2.05, 4.69) is 32.0 Å². The quantitative estimate of drug-likeness (QED) is 0.781. The van der Waals surface area contributed by atoms with Gasteiger partial charge in [0.2, 0.25) is 0 Å². The molecule has 0 radical (unpaired) electrons. The maximum Gasteiger partial charge on any atom is 0.180 e. The van der Waals surface area contributed by atoms with E-state index < -0.39 is 0 Å². The van der Waals surface area contributed by atoms with Crippen molar-refractivity contribution in [3.63, 3.8) is 0 Å². The van der Waals surface area contributed by atoms with E-state index >= 15 is 0 Å². The Bertz CT molecular complexity index is 674. The number of nitrogen functional groups attached to an aromatic ring is 1. The fourth-order valence-electron chi connectivity index (χ4n) is 1.58. The molecule has 2 heterocycles. The Morgan fingerprint density at radius 1 is 1.29 bits per heavy atom. The molecule has 1 aromatic carbocycles. The molecule has 0 aliphatic heterocycles. The molecule has 0 aliphatic rings. The second kappa shape index (κ2) is 4.36. The van der Waals surface area contributed by atoms with Gasteiger partial charge in [-0.15, -0.1) is 22.7 Å². The number of hydrogen-bond acceptors (Lipinski definition) is 5. The fraction of sp³-hybridized carbons (Fsp3) is 0.0909. The fourth-order valence-corrected chi connectivity index (χ4v) is 3.46. The Labute approximate surface area is 114 Å². The average molecular weight is 326 g/mol. The predicted octanol–water partition coefficient (Wildman–Crippen LogP) is 3.69. The molecule has 3 rings (SSSR count). The van der Waals surface area contributed by atoms with Crippen LogP contribution < -0.4 is 5.73 Å². The minimum Gasteiger partial charge on any atom is -0.375 e. The number of nitrogens with zero attached hydrogens (tertiary/aromatic N) is 2. The van der Waals surface area contributed by atoms with E-state index in [0.29, 0.717) is 5.13 Å². The summed E-state index contributed by atoms with van der Waals surface area (Å²) in [5.41, 5.74) is 7.63. The lowest BCUT2D eigenvalue weighted by molar-refractivity contribution is 1.09. The van der Waals surface area contributed by atoms with Crippen LogP contribution >= 0.6 is 38.6 Å². The molecule has 0 fully saturated rings. The average Bonchev–Trinajstić information content (AvgIpc) is 2.84. The lowest BCUT2D eigenvalue weighted by Crippen LogP contribution is -1.88. The second-order valence-corrected chi connectivity index (χ2v) is 6.49. The zero-order valence-corrected chi connectivity index (χ0v) is 11.9. The zero-order valence-electron chi connectivity index (χ0n) is 8.68. The van der Waals surface area contributed by atoms with Gasteiger partial charge < -0.3 is 5.73 Å². The Balaban J connectivity index is 1.95. The number of benzene rings is 1. The first kappa shape index (κ1) is 11.1. The topological polar surface area (TPSA) is 51.8 Å². The van der Waals surface area contributed by atoms with Gasteiger partial charge in [0.15, 0.2) is 5.13 Å². The summed E-state index contributed by atoms with van der Waals surface area (Å²) >= 11 is 6.62. The first-order chi connectivity index (χ1) is 8.20. The molecule has 2 aromatic heterocycles. The first-order valence-corrected chi connectivity index (χ1v) is 7.44. The molecule has 0 aliphatic carbocycles. The SMILES string of the molecule is Nc1nc(Cc2nc3cc(Br)ccc3s2)cs1. The Kier molecular flexibility index (Phi) is 2.85. The number of fused-ring (bicyclic) bond motifs is 1. The Morgan fingerprint density at radius 3 is 2.94 bits per heavy atom. The van der Waals surface area contributed by atoms with Gasteiger partial charge in [-0.1, -0.05) is 15.9 Å². The van der Waals surface area contributed by atoms with Crippen LogP contribution in [-0.4, -0.2) is 9.97 Å². The second-order valence-electron chi connectivity index (χ2n) is 3.57. The molecule has 0 atom stereocenters. The van der Waals surface area contributed by atoms with Crippen LogP contribution in [0.25, 0.3) is 10.2 Å². The van der Waals surface area contributed by atoms with Crippen LogP contribution in [0, 0.1) is 0 Å². The van der Waals surface area contributed by atoms with E-state index in [-0.39, 0.29) is 0 Å². The summed E-state index contributed by atoms with van der Waals surface area (Å²) in [6.45, 7) is 0. The van der Waals surface area contributed by atoms with E-state index in [1.807, 2.05) is 17.5 Å². The number of rotatable bonds is 2. The maximum absolute atomic E-state index is 5.61. The van der Waals surface area contributed by atoms with Crippen LogP contribution in [0.5, 0.6) is 0 Å². The number of hydrogen-bond donors (Lipinski definition) is 1. The van der Waals surface area contributed by atoms with Crippen molar-refractivity contribution >= 4 is 54.0 Å². The predicted molar refractivity (Wildman–Crippen MR) is 76.7 cm³/mol. The molecule has 0 saturated carbocycles. The summed E-state index contributed by atoms with van der Waals surface area (Å²) in [5.74, 6) is 0. The Hall–Kier alpha value is -0.980. The van der Waals surface area contributed by atoms with Gasteiger partial charge in [0, 0.05) is 16.3 Å². The highest BCUT2D eigenvalue weighted by molar-refractivity contribution is 9.10. The van der Waals surface area contributed by atoms with Crippen LogP contribution in [0.2, 0.25) is 0 Å². The van der Waals surface area contributed by atoms with Crippen LogP contribution in [-0.2, 0) is 6.42 Å². The number of anilines is 1. The van der Waals surface area contributed by atoms with Crippen molar-refractivity contribution in [1.29, 1.82) is 0 Å². The van der Waals surface area contributed by atoms with Gasteiger partial charge in [-0.2, -0.15) is 0 Å². The molecule has 0 bridgehead atoms. The van der Waals surface area contributed by atoms with E-state index in [4.69, 9.17) is 5.73 Å². The molecular formula is C11H8BrN3S2. The number of aromatic nitrogens is 2. The first-order valence-electron chi connectivity index (χ1n) is 4.95. The third-order valence-electron chi connectivity index (χ3n) is 2.30. The van der Waals surface area contributed by atoms with Crippen molar-refractivity contribution in [2.45, 2.75) is 6.42 Å². The van der Waals surface area contributed by atoms with Gasteiger partial charge in [-0.3, -0.25) is 0 Å². The highest BCUT2D eigenvalue weighted by Crippen LogP contribution is 2.27. The minimum absolute atomic E-state index is 0.615. The van der Waals surface area contributed by atoms with Gasteiger partial charge in [0.1, 0.15) is 0 Å². The summed E-state index contributed by atoms with van der Waals surface area (Å²) in [4.78, 5) is 8.84. The van der Waals surface area contributed by atoms with Crippen molar-refractivity contribution in [2.24, 2.45) is 0 Å². The number of nitrogens with two attached hydrogens (primary N) is 1. The summed E-state index contributed by atoms with van der Waals surface area (Å²) in [7, 11) is 0. The van der Waals surface area contributed by atoms with Gasteiger partial charge in [-0.25, -0.2) is 9.97 Å². The van der Waals surface area contributed by atoms with E-state index in [1.165, 1.54) is 16.0 Å². The van der Waals surface area contributed by atoms with Gasteiger partial charge >= 0.3 is 0 Å². The maximum atomic E-state index is 5.61. The van der Waals surface area contributed by atoms with Crippen molar-refractivity contribution in [2.75, 3.05) is 5.73 Å². The lowest BCUT2D eigenvalue weighted by atomic mass is 10.3. The largest absolute Gasteiger partial charge is 0.375 e. The minimum atomic E-state index is 0.615.